The van der Waals surface area contributed by atoms with Crippen molar-refractivity contribution in [1.82, 2.24) is 10.6 Å². The van der Waals surface area contributed by atoms with Gasteiger partial charge in [0, 0.05) is 0 Å². The van der Waals surface area contributed by atoms with E-state index in [1.165, 1.54) is 0 Å². The normalized spacial score (nSPS) is 21.7. The molecule has 0 radical (unpaired) electrons. The number of aromatic hydroxyl groups is 1. The number of amides is 3. The molecule has 5 heteroatoms. The van der Waals surface area contributed by atoms with Crippen molar-refractivity contribution < 1.29 is 14.7 Å². The number of nitrogens with one attached hydrogen (secondary N) is 2. The third-order valence-electron chi connectivity index (χ3n) is 4.20. The Hall–Kier alpha value is -2.04. The molecule has 1 aromatic carbocycles. The van der Waals surface area contributed by atoms with Crippen LogP contribution in [0.2, 0.25) is 0 Å². The van der Waals surface area contributed by atoms with Crippen molar-refractivity contribution in [1.29, 1.82) is 0 Å². The Morgan fingerprint density at radius 3 is 2.36 bits per heavy atom. The van der Waals surface area contributed by atoms with Gasteiger partial charge >= 0.3 is 6.03 Å². The molecular weight excluding hydrogens is 280 g/mol. The molecule has 5 nitrogen and oxygen atoms in total. The minimum atomic E-state index is -0.870. The summed E-state index contributed by atoms with van der Waals surface area (Å²) in [5.41, 5.74) is 1.74. The smallest absolute Gasteiger partial charge is 0.322 e. The summed E-state index contributed by atoms with van der Waals surface area (Å²) in [4.78, 5) is 23.1. The fraction of sp³-hybridized carbons (Fsp3) is 0.529. The number of rotatable bonds is 3. The highest BCUT2D eigenvalue weighted by Crippen LogP contribution is 2.34. The third kappa shape index (κ3) is 3.08. The van der Waals surface area contributed by atoms with Gasteiger partial charge < -0.3 is 10.4 Å². The Balaban J connectivity index is 2.23. The second-order valence-corrected chi connectivity index (χ2v) is 7.30. The van der Waals surface area contributed by atoms with E-state index in [-0.39, 0.29) is 11.3 Å². The summed E-state index contributed by atoms with van der Waals surface area (Å²) in [6.45, 7) is 9.76. The Kier molecular flexibility index (Phi) is 3.94. The molecule has 1 unspecified atom stereocenters. The largest absolute Gasteiger partial charge is 0.507 e. The van der Waals surface area contributed by atoms with Gasteiger partial charge in [-0.1, -0.05) is 32.9 Å². The van der Waals surface area contributed by atoms with Crippen molar-refractivity contribution in [3.63, 3.8) is 0 Å². The lowest BCUT2D eigenvalue weighted by atomic mass is 9.83. The maximum Gasteiger partial charge on any atom is 0.322 e. The number of aryl methyl sites for hydroxylation is 2. The summed E-state index contributed by atoms with van der Waals surface area (Å²) in [7, 11) is 0. The number of phenols is 1. The Morgan fingerprint density at radius 1 is 1.23 bits per heavy atom. The summed E-state index contributed by atoms with van der Waals surface area (Å²) in [5, 5.41) is 15.2. The molecule has 0 saturated carbocycles. The average molecular weight is 304 g/mol. The molecule has 0 spiro atoms. The zero-order valence-corrected chi connectivity index (χ0v) is 13.8. The van der Waals surface area contributed by atoms with Gasteiger partial charge in [0.15, 0.2) is 0 Å². The molecule has 1 heterocycles. The molecule has 1 fully saturated rings. The van der Waals surface area contributed by atoms with Gasteiger partial charge in [-0.25, -0.2) is 4.79 Å². The zero-order chi connectivity index (χ0) is 16.7. The Bertz CT molecular complexity index is 632. The van der Waals surface area contributed by atoms with Crippen molar-refractivity contribution in [3.05, 3.63) is 28.8 Å². The van der Waals surface area contributed by atoms with E-state index >= 15 is 0 Å². The monoisotopic (exact) mass is 304 g/mol. The predicted molar refractivity (Wildman–Crippen MR) is 84.9 cm³/mol. The van der Waals surface area contributed by atoms with E-state index in [1.807, 2.05) is 19.1 Å². The van der Waals surface area contributed by atoms with Crippen molar-refractivity contribution >= 4 is 11.9 Å². The molecule has 1 aliphatic heterocycles. The summed E-state index contributed by atoms with van der Waals surface area (Å²) in [6.07, 6.45) is 1.16. The first kappa shape index (κ1) is 16.3. The summed E-state index contributed by atoms with van der Waals surface area (Å²) < 4.78 is 0. The fourth-order valence-corrected chi connectivity index (χ4v) is 2.72. The molecular formula is C17H24N2O3. The quantitative estimate of drug-likeness (QED) is 0.751. The zero-order valence-electron chi connectivity index (χ0n) is 13.8. The molecule has 22 heavy (non-hydrogen) atoms. The minimum absolute atomic E-state index is 0.159. The van der Waals surface area contributed by atoms with E-state index in [0.29, 0.717) is 18.6 Å². The van der Waals surface area contributed by atoms with Gasteiger partial charge in [0.1, 0.15) is 11.3 Å². The van der Waals surface area contributed by atoms with Crippen LogP contribution in [0.5, 0.6) is 5.75 Å². The topological polar surface area (TPSA) is 78.4 Å². The number of hydrogen-bond donors (Lipinski definition) is 3. The lowest BCUT2D eigenvalue weighted by molar-refractivity contribution is -0.123. The van der Waals surface area contributed by atoms with Crippen LogP contribution in [-0.4, -0.2) is 22.6 Å². The van der Waals surface area contributed by atoms with E-state index in [4.69, 9.17) is 0 Å². The third-order valence-corrected chi connectivity index (χ3v) is 4.20. The number of phenolic OH excluding ortho intramolecular Hbond substituents is 1. The number of urea groups is 1. The fourth-order valence-electron chi connectivity index (χ4n) is 2.72. The van der Waals surface area contributed by atoms with E-state index < -0.39 is 11.6 Å². The molecule has 2 rings (SSSR count). The van der Waals surface area contributed by atoms with E-state index in [9.17, 15) is 14.7 Å². The molecule has 3 N–H and O–H groups in total. The standard InChI is InChI=1S/C17H24N2O3/c1-10-8-11(9-12(13(10)20)16(2,3)4)6-7-17(5)14(21)18-15(22)19-17/h8-9,20H,6-7H2,1-5H3,(H2,18,19,21,22). The van der Waals surface area contributed by atoms with Crippen molar-refractivity contribution in [2.75, 3.05) is 0 Å². The van der Waals surface area contributed by atoms with Crippen molar-refractivity contribution in [2.45, 2.75) is 58.4 Å². The van der Waals surface area contributed by atoms with Crippen molar-refractivity contribution in [2.24, 2.45) is 0 Å². The van der Waals surface area contributed by atoms with Crippen LogP contribution >= 0.6 is 0 Å². The first-order valence-corrected chi connectivity index (χ1v) is 7.49. The summed E-state index contributed by atoms with van der Waals surface area (Å²) in [5.74, 6) is 0.0402. The molecule has 1 aromatic rings. The van der Waals surface area contributed by atoms with E-state index in [1.54, 1.807) is 6.92 Å². The highest BCUT2D eigenvalue weighted by atomic mass is 16.3. The van der Waals surface area contributed by atoms with Gasteiger partial charge in [-0.2, -0.15) is 0 Å². The molecule has 120 valence electrons. The molecule has 0 aromatic heterocycles. The molecule has 3 amide bonds. The van der Waals surface area contributed by atoms with Crippen LogP contribution in [0, 0.1) is 6.92 Å². The molecule has 0 bridgehead atoms. The maximum absolute atomic E-state index is 11.8. The predicted octanol–water partition coefficient (Wildman–Crippen LogP) is 2.53. The maximum atomic E-state index is 11.8. The first-order valence-electron chi connectivity index (χ1n) is 7.49. The number of imide groups is 1. The van der Waals surface area contributed by atoms with Crippen LogP contribution in [-0.2, 0) is 16.6 Å². The van der Waals surface area contributed by atoms with Gasteiger partial charge in [0.25, 0.3) is 5.91 Å². The molecule has 1 atom stereocenters. The van der Waals surface area contributed by atoms with Crippen LogP contribution < -0.4 is 10.6 Å². The Morgan fingerprint density at radius 2 is 1.86 bits per heavy atom. The molecule has 0 aliphatic carbocycles. The number of benzene rings is 1. The number of carbonyl (C=O) groups excluding carboxylic acids is 2. The van der Waals surface area contributed by atoms with Crippen LogP contribution in [0.15, 0.2) is 12.1 Å². The number of carbonyl (C=O) groups is 2. The van der Waals surface area contributed by atoms with Gasteiger partial charge in [0.05, 0.1) is 0 Å². The van der Waals surface area contributed by atoms with E-state index in [2.05, 4.69) is 31.4 Å². The summed E-state index contributed by atoms with van der Waals surface area (Å²) >= 11 is 0. The van der Waals surface area contributed by atoms with Crippen LogP contribution in [0.25, 0.3) is 0 Å². The van der Waals surface area contributed by atoms with Gasteiger partial charge in [0.2, 0.25) is 0 Å². The SMILES string of the molecule is Cc1cc(CCC2(C)NC(=O)NC2=O)cc(C(C)(C)C)c1O. The second kappa shape index (κ2) is 5.30. The van der Waals surface area contributed by atoms with Crippen LogP contribution in [0.1, 0.15) is 50.8 Å². The second-order valence-electron chi connectivity index (χ2n) is 7.30. The molecule has 1 aliphatic rings. The van der Waals surface area contributed by atoms with E-state index in [0.717, 1.165) is 16.7 Å². The minimum Gasteiger partial charge on any atom is -0.507 e. The average Bonchev–Trinajstić information content (AvgIpc) is 2.63. The lowest BCUT2D eigenvalue weighted by Crippen LogP contribution is -2.44. The van der Waals surface area contributed by atoms with Crippen LogP contribution in [0.3, 0.4) is 0 Å². The van der Waals surface area contributed by atoms with Crippen LogP contribution in [0.4, 0.5) is 4.79 Å². The molecule has 1 saturated heterocycles. The highest BCUT2D eigenvalue weighted by molar-refractivity contribution is 6.06. The van der Waals surface area contributed by atoms with Gasteiger partial charge in [-0.05, 0) is 48.8 Å². The number of hydrogen-bond acceptors (Lipinski definition) is 3. The van der Waals surface area contributed by atoms with Gasteiger partial charge in [-0.3, -0.25) is 10.1 Å². The van der Waals surface area contributed by atoms with Crippen molar-refractivity contribution in [3.8, 4) is 5.75 Å². The highest BCUT2D eigenvalue weighted by Gasteiger charge is 2.41. The van der Waals surface area contributed by atoms with Gasteiger partial charge in [-0.15, -0.1) is 0 Å². The Labute approximate surface area is 131 Å². The first-order chi connectivity index (χ1) is 10.0. The summed E-state index contributed by atoms with van der Waals surface area (Å²) in [6, 6.07) is 3.48. The lowest BCUT2D eigenvalue weighted by Gasteiger charge is -2.24.